The zero-order valence-corrected chi connectivity index (χ0v) is 41.9. The number of sulfonamides is 1. The molecule has 0 spiro atoms. The Balaban J connectivity index is 0.000000235. The van der Waals surface area contributed by atoms with Crippen molar-refractivity contribution in [2.24, 2.45) is 5.14 Å². The van der Waals surface area contributed by atoms with Crippen molar-refractivity contribution in [1.82, 2.24) is 49.0 Å². The summed E-state index contributed by atoms with van der Waals surface area (Å²) in [4.78, 5) is 71.6. The van der Waals surface area contributed by atoms with Crippen LogP contribution in [0.25, 0.3) is 22.3 Å². The quantitative estimate of drug-likeness (QED) is 0.0645. The van der Waals surface area contributed by atoms with E-state index in [1.54, 1.807) is 61.7 Å². The molecule has 0 atom stereocenters. The Labute approximate surface area is 410 Å². The Bertz CT molecular complexity index is 3200. The number of thiazole rings is 2. The maximum absolute atomic E-state index is 11.5. The first-order chi connectivity index (χ1) is 33.7. The summed E-state index contributed by atoms with van der Waals surface area (Å²) in [7, 11) is -0.465. The number of primary sulfonamides is 1. The number of anilines is 6. The fraction of sp³-hybridized carbons (Fsp3) is 0.318. The number of aromatic nitrogens is 10. The topological polar surface area (TPSA) is 308 Å². The van der Waals surface area contributed by atoms with Crippen molar-refractivity contribution >= 4 is 101 Å². The Kier molecular flexibility index (Phi) is 19.0. The van der Waals surface area contributed by atoms with E-state index in [9.17, 15) is 8.42 Å². The second kappa shape index (κ2) is 25.0. The van der Waals surface area contributed by atoms with Gasteiger partial charge in [0.2, 0.25) is 21.9 Å². The molecule has 6 heterocycles. The smallest absolute Gasteiger partial charge is 0.373 e. The molecule has 368 valence electrons. The lowest BCUT2D eigenvalue weighted by atomic mass is 10.2. The summed E-state index contributed by atoms with van der Waals surface area (Å²) in [5, 5.41) is 19.9. The van der Waals surface area contributed by atoms with Gasteiger partial charge in [0, 0.05) is 35.9 Å². The summed E-state index contributed by atoms with van der Waals surface area (Å²) in [6, 6.07) is 12.2. The van der Waals surface area contributed by atoms with Crippen LogP contribution in [0.5, 0.6) is 11.5 Å². The van der Waals surface area contributed by atoms with Gasteiger partial charge in [-0.05, 0) is 75.9 Å². The zero-order chi connectivity index (χ0) is 51.0. The van der Waals surface area contributed by atoms with Gasteiger partial charge in [0.1, 0.15) is 11.0 Å². The van der Waals surface area contributed by atoms with Crippen LogP contribution in [0, 0.1) is 13.8 Å². The van der Waals surface area contributed by atoms with Gasteiger partial charge in [-0.25, -0.2) is 33.5 Å². The summed E-state index contributed by atoms with van der Waals surface area (Å²) in [6.07, 6.45) is 5.89. The normalized spacial score (nSPS) is 10.6. The van der Waals surface area contributed by atoms with Crippen molar-refractivity contribution < 1.29 is 37.1 Å². The molecule has 8 rings (SSSR count). The largest absolute Gasteiger partial charge is 0.493 e. The van der Waals surface area contributed by atoms with E-state index in [0.717, 1.165) is 69.7 Å². The highest BCUT2D eigenvalue weighted by molar-refractivity contribution is 7.89. The Hall–Kier alpha value is -7.73. The molecule has 23 nitrogen and oxygen atoms in total. The lowest BCUT2D eigenvalue weighted by molar-refractivity contribution is -0.193. The predicted molar refractivity (Wildman–Crippen MR) is 263 cm³/mol. The lowest BCUT2D eigenvalue weighted by Gasteiger charge is -2.12. The number of nitrogens with two attached hydrogens (primary N) is 1. The van der Waals surface area contributed by atoms with Crippen LogP contribution in [0.15, 0.2) is 60.0 Å². The van der Waals surface area contributed by atoms with Crippen molar-refractivity contribution in [2.75, 3.05) is 35.5 Å². The number of benzene rings is 2. The average molecular weight is 1010 g/mol. The highest BCUT2D eigenvalue weighted by Crippen LogP contribution is 2.31. The van der Waals surface area contributed by atoms with E-state index in [4.69, 9.17) is 38.8 Å². The van der Waals surface area contributed by atoms with Gasteiger partial charge >= 0.3 is 12.3 Å². The van der Waals surface area contributed by atoms with Crippen LogP contribution >= 0.6 is 22.7 Å². The number of methoxy groups -OCH3 is 2. The molecule has 0 aliphatic rings. The standard InChI is InChI=1S/C22H27N7O2S.C20H24N8O2S2.2CO2/c1-6-17-13(3)25-22(32-17)28-21-26-19(18-20(27-21)24-12-29(18)7-2)23-11-14-8-9-15(30-4)16(10-14)31-5;1-4-15-12(3)24-20(31-15)27-19-25-17(16-18(26-19)23-11-28(16)5-2)22-10-13-6-8-14(9-7-13)32(21,29)30;2*2-1-3/h8-10,12H,6-7,11H2,1-5H3,(H2,23,25,26,27,28);6-9,11H,4-5,10H2,1-3H3,(H2,21,29,30)(H2,22,24,25,26,27);;. The summed E-state index contributed by atoms with van der Waals surface area (Å²) in [6.45, 7) is 14.8. The molecule has 0 radical (unpaired) electrons. The molecule has 2 aromatic carbocycles. The van der Waals surface area contributed by atoms with Crippen LogP contribution in [0.3, 0.4) is 0 Å². The van der Waals surface area contributed by atoms with E-state index >= 15 is 0 Å². The van der Waals surface area contributed by atoms with Crippen LogP contribution in [-0.2, 0) is 68.2 Å². The lowest BCUT2D eigenvalue weighted by Crippen LogP contribution is -2.12. The minimum Gasteiger partial charge on any atom is -0.493 e. The minimum atomic E-state index is -3.72. The zero-order valence-electron chi connectivity index (χ0n) is 39.5. The molecule has 0 aliphatic heterocycles. The van der Waals surface area contributed by atoms with Gasteiger partial charge in [0.15, 0.2) is 44.7 Å². The highest BCUT2D eigenvalue weighted by Gasteiger charge is 2.18. The number of hydrogen-bond donors (Lipinski definition) is 5. The number of hydrogen-bond acceptors (Lipinski definition) is 22. The van der Waals surface area contributed by atoms with Gasteiger partial charge in [0.05, 0.1) is 43.2 Å². The highest BCUT2D eigenvalue weighted by atomic mass is 32.2. The Morgan fingerprint density at radius 1 is 0.629 bits per heavy atom. The van der Waals surface area contributed by atoms with Crippen molar-refractivity contribution in [3.8, 4) is 11.5 Å². The third-order valence-corrected chi connectivity index (χ3v) is 13.5. The summed E-state index contributed by atoms with van der Waals surface area (Å²) in [5.41, 5.74) is 6.80. The molecule has 0 unspecified atom stereocenters. The molecule has 0 aliphatic carbocycles. The number of nitrogens with one attached hydrogen (secondary N) is 4. The number of imidazole rings is 2. The molecular weight excluding hydrogens is 963 g/mol. The minimum absolute atomic E-state index is 0.0754. The van der Waals surface area contributed by atoms with Gasteiger partial charge in [-0.1, -0.05) is 32.0 Å². The SMILES string of the molecule is CCc1sc(Nc2nc(NCc3ccc(OC)c(OC)c3)c3c(ncn3CC)n2)nc1C.CCc1sc(Nc2nc(NCc3ccc(S(N)(=O)=O)cc3)c3c(ncn3CC)n2)nc1C.O=C=O.O=C=O. The molecule has 70 heavy (non-hydrogen) atoms. The van der Waals surface area contributed by atoms with Crippen molar-refractivity contribution in [1.29, 1.82) is 0 Å². The van der Waals surface area contributed by atoms with Gasteiger partial charge < -0.3 is 29.2 Å². The van der Waals surface area contributed by atoms with E-state index < -0.39 is 10.0 Å². The third-order valence-electron chi connectivity index (χ3n) is 10.1. The predicted octanol–water partition coefficient (Wildman–Crippen LogP) is 6.56. The Morgan fingerprint density at radius 3 is 1.44 bits per heavy atom. The fourth-order valence-corrected chi connectivity index (χ4v) is 9.07. The molecule has 6 aromatic heterocycles. The van der Waals surface area contributed by atoms with Gasteiger partial charge in [-0.3, -0.25) is 10.6 Å². The van der Waals surface area contributed by atoms with Crippen LogP contribution < -0.4 is 35.9 Å². The molecule has 0 fully saturated rings. The molecular formula is C44H51N15O8S3. The van der Waals surface area contributed by atoms with E-state index in [1.807, 2.05) is 48.1 Å². The monoisotopic (exact) mass is 1010 g/mol. The van der Waals surface area contributed by atoms with Crippen LogP contribution in [0.1, 0.15) is 60.0 Å². The summed E-state index contributed by atoms with van der Waals surface area (Å²) >= 11 is 3.20. The number of aryl methyl sites for hydroxylation is 6. The molecule has 0 bridgehead atoms. The van der Waals surface area contributed by atoms with Crippen LogP contribution in [0.2, 0.25) is 0 Å². The van der Waals surface area contributed by atoms with Gasteiger partial charge in [0.25, 0.3) is 0 Å². The van der Waals surface area contributed by atoms with Crippen molar-refractivity contribution in [2.45, 2.75) is 85.5 Å². The number of fused-ring (bicyclic) bond motifs is 2. The molecule has 0 saturated heterocycles. The van der Waals surface area contributed by atoms with Crippen molar-refractivity contribution in [3.05, 3.63) is 87.4 Å². The number of carbonyl (C=O) groups excluding carboxylic acids is 4. The maximum Gasteiger partial charge on any atom is 0.373 e. The second-order valence-corrected chi connectivity index (χ2v) is 18.2. The van der Waals surface area contributed by atoms with E-state index in [0.29, 0.717) is 59.4 Å². The molecule has 0 amide bonds. The number of ether oxygens (including phenoxy) is 2. The van der Waals surface area contributed by atoms with E-state index in [-0.39, 0.29) is 17.2 Å². The average Bonchev–Trinajstić information content (AvgIpc) is 4.14. The van der Waals surface area contributed by atoms with Gasteiger partial charge in [-0.15, -0.1) is 22.7 Å². The molecule has 0 saturated carbocycles. The van der Waals surface area contributed by atoms with Crippen LogP contribution in [0.4, 0.5) is 33.8 Å². The van der Waals surface area contributed by atoms with E-state index in [2.05, 4.69) is 76.9 Å². The first-order valence-corrected chi connectivity index (χ1v) is 24.6. The first kappa shape index (κ1) is 53.2. The second-order valence-electron chi connectivity index (χ2n) is 14.5. The summed E-state index contributed by atoms with van der Waals surface area (Å²) < 4.78 is 37.7. The summed E-state index contributed by atoms with van der Waals surface area (Å²) in [5.74, 6) is 3.58. The number of nitrogens with zero attached hydrogens (tertiary/aromatic N) is 10. The Morgan fingerprint density at radius 2 is 1.06 bits per heavy atom. The molecule has 26 heteroatoms. The number of rotatable bonds is 17. The fourth-order valence-electron chi connectivity index (χ4n) is 6.77. The van der Waals surface area contributed by atoms with Gasteiger partial charge in [-0.2, -0.15) is 39.1 Å². The molecule has 8 aromatic rings. The van der Waals surface area contributed by atoms with E-state index in [1.165, 1.54) is 21.9 Å². The van der Waals surface area contributed by atoms with Crippen LogP contribution in [-0.4, -0.2) is 83.9 Å². The maximum atomic E-state index is 11.5. The molecule has 6 N–H and O–H groups in total. The van der Waals surface area contributed by atoms with Crippen molar-refractivity contribution in [3.63, 3.8) is 0 Å². The third kappa shape index (κ3) is 13.5. The first-order valence-electron chi connectivity index (χ1n) is 21.4.